The highest BCUT2D eigenvalue weighted by molar-refractivity contribution is 6.06. The third-order valence-electron chi connectivity index (χ3n) is 9.57. The third-order valence-corrected chi connectivity index (χ3v) is 9.57. The van der Waals surface area contributed by atoms with E-state index in [1.807, 2.05) is 32.9 Å². The van der Waals surface area contributed by atoms with E-state index in [0.717, 1.165) is 94.1 Å². The van der Waals surface area contributed by atoms with Gasteiger partial charge in [-0.15, -0.1) is 0 Å². The first-order valence-corrected chi connectivity index (χ1v) is 17.4. The molecule has 1 saturated heterocycles. The Kier molecular flexibility index (Phi) is 16.1. The number of allylic oxidation sites excluding steroid dienone is 1. The number of hydrogen-bond acceptors (Lipinski definition) is 8. The Labute approximate surface area is 299 Å². The zero-order chi connectivity index (χ0) is 37.7. The van der Waals surface area contributed by atoms with Gasteiger partial charge in [-0.1, -0.05) is 17.4 Å². The molecule has 4 rings (SSSR count). The smallest absolute Gasteiger partial charge is 0.475 e. The summed E-state index contributed by atoms with van der Waals surface area (Å²) in [5.41, 5.74) is 5.07. The molecule has 51 heavy (non-hydrogen) atoms. The fourth-order valence-corrected chi connectivity index (χ4v) is 6.62. The second-order valence-corrected chi connectivity index (χ2v) is 13.1. The Hall–Kier alpha value is -3.77. The number of carbonyl (C=O) groups is 3. The first kappa shape index (κ1) is 41.6. The fourth-order valence-electron chi connectivity index (χ4n) is 6.62. The molecule has 3 aliphatic rings. The van der Waals surface area contributed by atoms with Crippen LogP contribution in [-0.2, 0) is 19.1 Å². The van der Waals surface area contributed by atoms with Crippen molar-refractivity contribution >= 4 is 29.2 Å². The molecule has 2 amide bonds. The second kappa shape index (κ2) is 19.7. The lowest BCUT2D eigenvalue weighted by atomic mass is 9.88. The number of morpholine rings is 1. The van der Waals surface area contributed by atoms with E-state index in [-0.39, 0.29) is 18.4 Å². The van der Waals surface area contributed by atoms with Gasteiger partial charge in [0.05, 0.1) is 32.3 Å². The number of nitrogens with zero attached hydrogens (tertiary/aromatic N) is 4. The van der Waals surface area contributed by atoms with Gasteiger partial charge in [0.25, 0.3) is 11.8 Å². The number of likely N-dealkylation sites (N-methyl/N-ethyl adjacent to an activating group) is 1. The number of dihydropyridines is 1. The molecule has 1 atom stereocenters. The molecule has 2 heterocycles. The molecular weight excluding hydrogens is 667 g/mol. The Bertz CT molecular complexity index is 1490. The van der Waals surface area contributed by atoms with Crippen LogP contribution in [0.4, 0.5) is 18.9 Å². The number of hydrogen-bond donors (Lipinski definition) is 2. The molecule has 14 heteroatoms. The molecule has 0 aromatic heterocycles. The first-order valence-electron chi connectivity index (χ1n) is 17.4. The SMILES string of the molecule is CCN(c1cc(C#CCN2CCOCC2)cc(C(=O)NCC2C(=O)N=C(C)C=C2C)c1C)C1CCC(N(C)CCOC)CC1.O=C(O)C(F)(F)F. The largest absolute Gasteiger partial charge is 0.490 e. The van der Waals surface area contributed by atoms with Crippen LogP contribution in [0.1, 0.15) is 67.9 Å². The van der Waals surface area contributed by atoms with Crippen molar-refractivity contribution in [1.29, 1.82) is 0 Å². The molecule has 1 aromatic rings. The molecule has 282 valence electrons. The monoisotopic (exact) mass is 719 g/mol. The number of rotatable bonds is 11. The summed E-state index contributed by atoms with van der Waals surface area (Å²) >= 11 is 0. The quantitative estimate of drug-likeness (QED) is 0.322. The van der Waals surface area contributed by atoms with Crippen LogP contribution in [0.15, 0.2) is 28.8 Å². The van der Waals surface area contributed by atoms with Crippen molar-refractivity contribution in [2.75, 3.05) is 78.1 Å². The van der Waals surface area contributed by atoms with Gasteiger partial charge in [-0.3, -0.25) is 14.5 Å². The van der Waals surface area contributed by atoms with Gasteiger partial charge in [0.15, 0.2) is 0 Å². The summed E-state index contributed by atoms with van der Waals surface area (Å²) in [6, 6.07) is 5.03. The average molecular weight is 720 g/mol. The van der Waals surface area contributed by atoms with E-state index in [9.17, 15) is 22.8 Å². The molecule has 0 spiro atoms. The number of benzene rings is 1. The van der Waals surface area contributed by atoms with Crippen molar-refractivity contribution in [1.82, 2.24) is 15.1 Å². The molecule has 2 N–H and O–H groups in total. The maximum atomic E-state index is 13.7. The summed E-state index contributed by atoms with van der Waals surface area (Å²) in [5.74, 6) is 3.12. The Morgan fingerprint density at radius 1 is 1.12 bits per heavy atom. The van der Waals surface area contributed by atoms with Gasteiger partial charge in [-0.2, -0.15) is 13.2 Å². The lowest BCUT2D eigenvalue weighted by Gasteiger charge is -2.41. The number of carbonyl (C=O) groups excluding carboxylic acids is 2. The van der Waals surface area contributed by atoms with Gasteiger partial charge in [0, 0.05) is 74.4 Å². The van der Waals surface area contributed by atoms with Gasteiger partial charge in [0.2, 0.25) is 0 Å². The Morgan fingerprint density at radius 3 is 2.31 bits per heavy atom. The number of amides is 2. The molecule has 1 aromatic carbocycles. The maximum Gasteiger partial charge on any atom is 0.490 e. The van der Waals surface area contributed by atoms with Gasteiger partial charge >= 0.3 is 12.1 Å². The minimum absolute atomic E-state index is 0.188. The summed E-state index contributed by atoms with van der Waals surface area (Å²) in [6.07, 6.45) is 1.29. The van der Waals surface area contributed by atoms with Crippen molar-refractivity contribution < 1.29 is 42.1 Å². The van der Waals surface area contributed by atoms with E-state index in [1.165, 1.54) is 0 Å². The Balaban J connectivity index is 0.000000908. The minimum atomic E-state index is -5.08. The number of anilines is 1. The molecule has 2 fully saturated rings. The predicted molar refractivity (Wildman–Crippen MR) is 190 cm³/mol. The molecule has 11 nitrogen and oxygen atoms in total. The number of carboxylic acids is 1. The van der Waals surface area contributed by atoms with Gasteiger partial charge in [-0.05, 0) is 84.2 Å². The highest BCUT2D eigenvalue weighted by Crippen LogP contribution is 2.33. The standard InChI is InChI=1S/C35H51N5O4.C2HF3O2/c1-7-40(30-12-10-29(11-13-30)38(5)15-18-43-6)33-23-28(9-8-14-39-16-19-44-20-17-39)22-31(27(33)4)34(41)36-24-32-25(2)21-26(3)37-35(32)42;3-2(4,5)1(6)7/h21-23,29-30,32H,7,10-20,24H2,1-6H3,(H,36,41);(H,6,7). The van der Waals surface area contributed by atoms with Crippen LogP contribution in [0.3, 0.4) is 0 Å². The van der Waals surface area contributed by atoms with Crippen LogP contribution in [-0.4, -0.2) is 130 Å². The molecule has 0 radical (unpaired) electrons. The van der Waals surface area contributed by atoms with Crippen LogP contribution in [0.25, 0.3) is 0 Å². The minimum Gasteiger partial charge on any atom is -0.475 e. The summed E-state index contributed by atoms with van der Waals surface area (Å²) in [6.45, 7) is 14.6. The van der Waals surface area contributed by atoms with E-state index in [1.54, 1.807) is 7.11 Å². The number of halogens is 3. The summed E-state index contributed by atoms with van der Waals surface area (Å²) in [5, 5.41) is 10.2. The third kappa shape index (κ3) is 12.5. The number of alkyl halides is 3. The van der Waals surface area contributed by atoms with Crippen molar-refractivity contribution in [2.45, 2.75) is 71.6 Å². The number of carboxylic acid groups (broad SMARTS) is 1. The van der Waals surface area contributed by atoms with E-state index in [4.69, 9.17) is 19.4 Å². The predicted octanol–water partition coefficient (Wildman–Crippen LogP) is 4.32. The molecule has 1 unspecified atom stereocenters. The van der Waals surface area contributed by atoms with Crippen LogP contribution in [0, 0.1) is 24.7 Å². The van der Waals surface area contributed by atoms with Gasteiger partial charge in [-0.25, -0.2) is 9.79 Å². The lowest BCUT2D eigenvalue weighted by molar-refractivity contribution is -0.192. The molecule has 2 aliphatic heterocycles. The van der Waals surface area contributed by atoms with E-state index in [0.29, 0.717) is 29.9 Å². The normalized spacial score (nSPS) is 21.1. The lowest BCUT2D eigenvalue weighted by Crippen LogP contribution is -2.44. The van der Waals surface area contributed by atoms with Crippen LogP contribution in [0.5, 0.6) is 0 Å². The van der Waals surface area contributed by atoms with Crippen molar-refractivity contribution in [2.24, 2.45) is 10.9 Å². The van der Waals surface area contributed by atoms with E-state index < -0.39 is 18.1 Å². The van der Waals surface area contributed by atoms with Crippen LogP contribution >= 0.6 is 0 Å². The number of methoxy groups -OCH3 is 1. The number of nitrogens with one attached hydrogen (secondary N) is 1. The summed E-state index contributed by atoms with van der Waals surface area (Å²) in [4.78, 5) is 46.5. The van der Waals surface area contributed by atoms with Crippen LogP contribution < -0.4 is 10.2 Å². The van der Waals surface area contributed by atoms with Crippen molar-refractivity contribution in [3.63, 3.8) is 0 Å². The highest BCUT2D eigenvalue weighted by Gasteiger charge is 2.38. The van der Waals surface area contributed by atoms with Crippen molar-refractivity contribution in [3.8, 4) is 11.8 Å². The van der Waals surface area contributed by atoms with Gasteiger partial charge in [0.1, 0.15) is 0 Å². The van der Waals surface area contributed by atoms with E-state index >= 15 is 0 Å². The topological polar surface area (TPSA) is 124 Å². The highest BCUT2D eigenvalue weighted by atomic mass is 19.4. The Morgan fingerprint density at radius 2 is 1.75 bits per heavy atom. The summed E-state index contributed by atoms with van der Waals surface area (Å²) < 4.78 is 42.5. The van der Waals surface area contributed by atoms with Gasteiger partial charge < -0.3 is 29.7 Å². The number of aliphatic carboxylic acids is 1. The molecule has 0 bridgehead atoms. The number of aliphatic imine (C=N–C) groups is 1. The van der Waals surface area contributed by atoms with Crippen molar-refractivity contribution in [3.05, 3.63) is 40.5 Å². The molecular formula is C37H52F3N5O6. The second-order valence-electron chi connectivity index (χ2n) is 13.1. The average Bonchev–Trinajstić information content (AvgIpc) is 3.08. The first-order chi connectivity index (χ1) is 24.2. The zero-order valence-electron chi connectivity index (χ0n) is 30.6. The fraction of sp³-hybridized carbons (Fsp3) is 0.622. The zero-order valence-corrected chi connectivity index (χ0v) is 30.6. The van der Waals surface area contributed by atoms with Crippen LogP contribution in [0.2, 0.25) is 0 Å². The van der Waals surface area contributed by atoms with E-state index in [2.05, 4.69) is 56.9 Å². The maximum absolute atomic E-state index is 13.7. The number of ether oxygens (including phenoxy) is 2. The summed E-state index contributed by atoms with van der Waals surface area (Å²) in [7, 11) is 3.95. The molecule has 1 aliphatic carbocycles. The molecule has 1 saturated carbocycles.